The van der Waals surface area contributed by atoms with Gasteiger partial charge in [-0.2, -0.15) is 0 Å². The van der Waals surface area contributed by atoms with E-state index in [4.69, 9.17) is 0 Å². The van der Waals surface area contributed by atoms with Crippen molar-refractivity contribution in [2.45, 2.75) is 74.1 Å². The fraction of sp³-hybridized carbons (Fsp3) is 0.583. The van der Waals surface area contributed by atoms with Crippen LogP contribution in [0.4, 0.5) is 0 Å². The van der Waals surface area contributed by atoms with Gasteiger partial charge < -0.3 is 4.90 Å². The minimum atomic E-state index is 0.577. The van der Waals surface area contributed by atoms with E-state index in [1.54, 1.807) is 0 Å². The molecular formula is C24H41N. The molecule has 1 atom stereocenters. The summed E-state index contributed by atoms with van der Waals surface area (Å²) in [5.41, 5.74) is 6.32. The van der Waals surface area contributed by atoms with Gasteiger partial charge in [0.05, 0.1) is 0 Å². The molecule has 0 amide bonds. The summed E-state index contributed by atoms with van der Waals surface area (Å²) < 4.78 is 0. The Balaban J connectivity index is 5.31. The summed E-state index contributed by atoms with van der Waals surface area (Å²) >= 11 is 0. The van der Waals surface area contributed by atoms with Gasteiger partial charge in [0.1, 0.15) is 0 Å². The fourth-order valence-electron chi connectivity index (χ4n) is 2.91. The van der Waals surface area contributed by atoms with E-state index in [1.807, 2.05) is 0 Å². The molecule has 0 heterocycles. The second-order valence-corrected chi connectivity index (χ2v) is 7.16. The van der Waals surface area contributed by atoms with Gasteiger partial charge in [0.15, 0.2) is 0 Å². The van der Waals surface area contributed by atoms with Gasteiger partial charge >= 0.3 is 0 Å². The molecule has 0 saturated carbocycles. The van der Waals surface area contributed by atoms with E-state index in [9.17, 15) is 0 Å². The van der Waals surface area contributed by atoms with Gasteiger partial charge in [-0.05, 0) is 57.6 Å². The zero-order valence-electron chi connectivity index (χ0n) is 17.9. The average Bonchev–Trinajstić information content (AvgIpc) is 2.58. The van der Waals surface area contributed by atoms with Crippen LogP contribution >= 0.6 is 0 Å². The van der Waals surface area contributed by atoms with Gasteiger partial charge in [0.2, 0.25) is 0 Å². The maximum absolute atomic E-state index is 4.42. The molecule has 1 heteroatoms. The minimum absolute atomic E-state index is 0.577. The van der Waals surface area contributed by atoms with E-state index in [0.29, 0.717) is 5.92 Å². The quantitative estimate of drug-likeness (QED) is 0.332. The third-order valence-electron chi connectivity index (χ3n) is 5.00. The van der Waals surface area contributed by atoms with Gasteiger partial charge in [0, 0.05) is 18.8 Å². The SMILES string of the molecule is C=C(C)/C(C(=C)N(CC)C/C=C/C=C(/C)CC)=C(\C)C(C)CCCC. The second kappa shape index (κ2) is 12.8. The summed E-state index contributed by atoms with van der Waals surface area (Å²) in [5.74, 6) is 0.577. The number of rotatable bonds is 12. The average molecular weight is 344 g/mol. The first kappa shape index (κ1) is 23.5. The molecule has 0 aliphatic carbocycles. The van der Waals surface area contributed by atoms with Gasteiger partial charge in [-0.25, -0.2) is 0 Å². The molecule has 0 fully saturated rings. The zero-order chi connectivity index (χ0) is 19.4. The van der Waals surface area contributed by atoms with Crippen LogP contribution in [0.1, 0.15) is 74.1 Å². The van der Waals surface area contributed by atoms with E-state index in [1.165, 1.54) is 36.0 Å². The highest BCUT2D eigenvalue weighted by Gasteiger charge is 2.16. The molecule has 1 unspecified atom stereocenters. The molecule has 142 valence electrons. The lowest BCUT2D eigenvalue weighted by Crippen LogP contribution is -2.24. The van der Waals surface area contributed by atoms with Crippen molar-refractivity contribution in [3.63, 3.8) is 0 Å². The molecule has 0 aliphatic rings. The number of hydrogen-bond donors (Lipinski definition) is 0. The van der Waals surface area contributed by atoms with Gasteiger partial charge in [-0.1, -0.05) is 76.1 Å². The molecule has 0 bridgehead atoms. The van der Waals surface area contributed by atoms with Crippen LogP contribution in [0.15, 0.2) is 59.4 Å². The Labute approximate surface area is 157 Å². The highest BCUT2D eigenvalue weighted by molar-refractivity contribution is 5.46. The molecule has 0 radical (unpaired) electrons. The van der Waals surface area contributed by atoms with Crippen LogP contribution in [-0.4, -0.2) is 18.0 Å². The number of likely N-dealkylation sites (N-methyl/N-ethyl adjacent to an activating group) is 1. The summed E-state index contributed by atoms with van der Waals surface area (Å²) in [6, 6.07) is 0. The first-order valence-corrected chi connectivity index (χ1v) is 9.93. The smallest absolute Gasteiger partial charge is 0.0371 e. The molecule has 25 heavy (non-hydrogen) atoms. The normalized spacial score (nSPS) is 14.4. The van der Waals surface area contributed by atoms with E-state index < -0.39 is 0 Å². The van der Waals surface area contributed by atoms with E-state index in [2.05, 4.69) is 84.8 Å². The van der Waals surface area contributed by atoms with Crippen molar-refractivity contribution in [1.82, 2.24) is 4.90 Å². The summed E-state index contributed by atoms with van der Waals surface area (Å²) in [5, 5.41) is 0. The Morgan fingerprint density at radius 2 is 1.72 bits per heavy atom. The van der Waals surface area contributed by atoms with Crippen molar-refractivity contribution in [2.75, 3.05) is 13.1 Å². The van der Waals surface area contributed by atoms with Crippen molar-refractivity contribution in [2.24, 2.45) is 5.92 Å². The highest BCUT2D eigenvalue weighted by Crippen LogP contribution is 2.29. The Morgan fingerprint density at radius 1 is 1.08 bits per heavy atom. The van der Waals surface area contributed by atoms with Gasteiger partial charge in [0.25, 0.3) is 0 Å². The number of unbranched alkanes of at least 4 members (excludes halogenated alkanes) is 1. The molecule has 0 rings (SSSR count). The van der Waals surface area contributed by atoms with Crippen LogP contribution in [0.25, 0.3) is 0 Å². The van der Waals surface area contributed by atoms with Crippen LogP contribution < -0.4 is 0 Å². The predicted octanol–water partition coefficient (Wildman–Crippen LogP) is 7.45. The van der Waals surface area contributed by atoms with Gasteiger partial charge in [-0.15, -0.1) is 0 Å². The lowest BCUT2D eigenvalue weighted by molar-refractivity contribution is 0.409. The van der Waals surface area contributed by atoms with Crippen molar-refractivity contribution in [3.05, 3.63) is 59.4 Å². The monoisotopic (exact) mass is 343 g/mol. The minimum Gasteiger partial charge on any atom is -0.368 e. The first-order valence-electron chi connectivity index (χ1n) is 9.93. The van der Waals surface area contributed by atoms with E-state index in [-0.39, 0.29) is 0 Å². The maximum Gasteiger partial charge on any atom is 0.0371 e. The highest BCUT2D eigenvalue weighted by atomic mass is 15.1. The summed E-state index contributed by atoms with van der Waals surface area (Å²) in [6.07, 6.45) is 11.4. The maximum atomic E-state index is 4.42. The summed E-state index contributed by atoms with van der Waals surface area (Å²) in [7, 11) is 0. The van der Waals surface area contributed by atoms with Crippen LogP contribution in [0.2, 0.25) is 0 Å². The summed E-state index contributed by atoms with van der Waals surface area (Å²) in [6.45, 7) is 26.0. The fourth-order valence-corrected chi connectivity index (χ4v) is 2.91. The molecule has 0 aromatic heterocycles. The molecule has 0 aromatic rings. The van der Waals surface area contributed by atoms with Crippen molar-refractivity contribution < 1.29 is 0 Å². The lowest BCUT2D eigenvalue weighted by Gasteiger charge is -2.29. The number of hydrogen-bond acceptors (Lipinski definition) is 1. The van der Waals surface area contributed by atoms with E-state index in [0.717, 1.165) is 30.8 Å². The molecule has 0 N–H and O–H groups in total. The second-order valence-electron chi connectivity index (χ2n) is 7.16. The molecule has 0 saturated heterocycles. The lowest BCUT2D eigenvalue weighted by atomic mass is 9.88. The van der Waals surface area contributed by atoms with Crippen LogP contribution in [-0.2, 0) is 0 Å². The van der Waals surface area contributed by atoms with Gasteiger partial charge in [-0.3, -0.25) is 0 Å². The van der Waals surface area contributed by atoms with Crippen LogP contribution in [0, 0.1) is 5.92 Å². The molecule has 0 aromatic carbocycles. The van der Waals surface area contributed by atoms with Crippen LogP contribution in [0.3, 0.4) is 0 Å². The third-order valence-corrected chi connectivity index (χ3v) is 5.00. The largest absolute Gasteiger partial charge is 0.368 e. The molecular weight excluding hydrogens is 302 g/mol. The Kier molecular flexibility index (Phi) is 12.0. The Hall–Kier alpha value is -1.50. The molecule has 0 aliphatic heterocycles. The Morgan fingerprint density at radius 3 is 2.20 bits per heavy atom. The molecule has 0 spiro atoms. The topological polar surface area (TPSA) is 3.24 Å². The summed E-state index contributed by atoms with van der Waals surface area (Å²) in [4.78, 5) is 2.34. The number of nitrogens with zero attached hydrogens (tertiary/aromatic N) is 1. The van der Waals surface area contributed by atoms with Crippen molar-refractivity contribution in [3.8, 4) is 0 Å². The van der Waals surface area contributed by atoms with E-state index >= 15 is 0 Å². The van der Waals surface area contributed by atoms with Crippen molar-refractivity contribution in [1.29, 1.82) is 0 Å². The third kappa shape index (κ3) is 8.43. The van der Waals surface area contributed by atoms with Crippen LogP contribution in [0.5, 0.6) is 0 Å². The first-order chi connectivity index (χ1) is 11.8. The molecule has 1 nitrogen and oxygen atoms in total. The number of allylic oxidation sites excluding steroid dienone is 5. The van der Waals surface area contributed by atoms with Crippen molar-refractivity contribution >= 4 is 0 Å². The Bertz CT molecular complexity index is 516. The predicted molar refractivity (Wildman–Crippen MR) is 116 cm³/mol. The zero-order valence-corrected chi connectivity index (χ0v) is 17.9. The standard InChI is InChI=1S/C24H41N/c1-10-13-17-21(7)22(8)24(19(4)5)23(9)25(12-3)18-15-14-16-20(6)11-2/h14-16,21H,4,9-13,17-18H2,1-3,5-8H3/b15-14+,20-16-,24-22-.